The van der Waals surface area contributed by atoms with Crippen molar-refractivity contribution in [2.24, 2.45) is 5.41 Å². The summed E-state index contributed by atoms with van der Waals surface area (Å²) < 4.78 is 0. The highest BCUT2D eigenvalue weighted by molar-refractivity contribution is 6.01. The molecule has 1 aromatic carbocycles. The predicted octanol–water partition coefficient (Wildman–Crippen LogP) is 3.20. The number of benzene rings is 1. The van der Waals surface area contributed by atoms with Gasteiger partial charge in [0.2, 0.25) is 0 Å². The Morgan fingerprint density at radius 2 is 1.90 bits per heavy atom. The van der Waals surface area contributed by atoms with Crippen LogP contribution in [0.3, 0.4) is 0 Å². The predicted molar refractivity (Wildman–Crippen MR) is 79.2 cm³/mol. The van der Waals surface area contributed by atoms with E-state index < -0.39 is 5.97 Å². The zero-order valence-electron chi connectivity index (χ0n) is 12.7. The number of aryl methyl sites for hydroxylation is 1. The summed E-state index contributed by atoms with van der Waals surface area (Å²) in [4.78, 5) is 24.9. The summed E-state index contributed by atoms with van der Waals surface area (Å²) in [7, 11) is 1.69. The third-order valence-corrected chi connectivity index (χ3v) is 2.79. The molecule has 0 radical (unpaired) electrons. The average molecular weight is 278 g/mol. The lowest BCUT2D eigenvalue weighted by Crippen LogP contribution is -2.37. The Labute approximate surface area is 119 Å². The Kier molecular flexibility index (Phi) is 4.76. The average Bonchev–Trinajstić information content (AvgIpc) is 2.25. The summed E-state index contributed by atoms with van der Waals surface area (Å²) in [6.45, 7) is 8.38. The summed E-state index contributed by atoms with van der Waals surface area (Å²) >= 11 is 0. The lowest BCUT2D eigenvalue weighted by molar-refractivity contribution is 0.0697. The minimum atomic E-state index is -1.04. The fourth-order valence-electron chi connectivity index (χ4n) is 2.05. The van der Waals surface area contributed by atoms with Gasteiger partial charge in [0, 0.05) is 13.6 Å². The Balaban J connectivity index is 2.91. The van der Waals surface area contributed by atoms with Crippen molar-refractivity contribution in [3.8, 4) is 0 Å². The molecule has 1 rings (SSSR count). The number of rotatable bonds is 3. The van der Waals surface area contributed by atoms with E-state index in [4.69, 9.17) is 0 Å². The van der Waals surface area contributed by atoms with Gasteiger partial charge in [-0.15, -0.1) is 0 Å². The van der Waals surface area contributed by atoms with Crippen LogP contribution in [0.4, 0.5) is 10.5 Å². The second-order valence-electron chi connectivity index (χ2n) is 6.15. The van der Waals surface area contributed by atoms with Gasteiger partial charge >= 0.3 is 12.0 Å². The topological polar surface area (TPSA) is 69.6 Å². The number of carboxylic acids is 1. The van der Waals surface area contributed by atoms with E-state index in [2.05, 4.69) is 5.32 Å². The number of nitrogens with zero attached hydrogens (tertiary/aromatic N) is 1. The highest BCUT2D eigenvalue weighted by Crippen LogP contribution is 2.21. The summed E-state index contributed by atoms with van der Waals surface area (Å²) in [5.74, 6) is -1.04. The molecular weight excluding hydrogens is 256 g/mol. The number of amides is 2. The molecule has 0 fully saturated rings. The zero-order valence-corrected chi connectivity index (χ0v) is 12.7. The van der Waals surface area contributed by atoms with Crippen molar-refractivity contribution in [3.63, 3.8) is 0 Å². The van der Waals surface area contributed by atoms with Crippen LogP contribution in [0, 0.1) is 12.3 Å². The molecule has 5 nitrogen and oxygen atoms in total. The van der Waals surface area contributed by atoms with E-state index in [1.165, 1.54) is 0 Å². The van der Waals surface area contributed by atoms with Crippen molar-refractivity contribution in [1.29, 1.82) is 0 Å². The molecule has 1 aromatic rings. The molecule has 0 bridgehead atoms. The first-order valence-electron chi connectivity index (χ1n) is 6.47. The normalized spacial score (nSPS) is 11.1. The maximum absolute atomic E-state index is 12.1. The van der Waals surface area contributed by atoms with Crippen LogP contribution in [-0.4, -0.2) is 35.6 Å². The van der Waals surface area contributed by atoms with Gasteiger partial charge in [0.15, 0.2) is 0 Å². The summed E-state index contributed by atoms with van der Waals surface area (Å²) in [5.41, 5.74) is 1.05. The van der Waals surface area contributed by atoms with Gasteiger partial charge in [-0.3, -0.25) is 0 Å². The number of hydrogen-bond acceptors (Lipinski definition) is 2. The molecule has 110 valence electrons. The van der Waals surface area contributed by atoms with Gasteiger partial charge in [-0.25, -0.2) is 9.59 Å². The lowest BCUT2D eigenvalue weighted by atomic mass is 9.96. The third kappa shape index (κ3) is 4.26. The van der Waals surface area contributed by atoms with Crippen molar-refractivity contribution in [1.82, 2.24) is 4.90 Å². The molecule has 0 heterocycles. The van der Waals surface area contributed by atoms with Crippen molar-refractivity contribution >= 4 is 17.7 Å². The monoisotopic (exact) mass is 278 g/mol. The first kappa shape index (κ1) is 16.0. The first-order chi connectivity index (χ1) is 9.11. The molecule has 0 aromatic heterocycles. The van der Waals surface area contributed by atoms with Gasteiger partial charge in [0.1, 0.15) is 0 Å². The first-order valence-corrected chi connectivity index (χ1v) is 6.47. The van der Waals surface area contributed by atoms with Crippen molar-refractivity contribution in [2.75, 3.05) is 18.9 Å². The van der Waals surface area contributed by atoms with E-state index >= 15 is 0 Å². The molecule has 0 spiro atoms. The number of nitrogens with one attached hydrogen (secondary N) is 1. The van der Waals surface area contributed by atoms with Crippen molar-refractivity contribution in [3.05, 3.63) is 29.3 Å². The molecule has 0 aliphatic carbocycles. The van der Waals surface area contributed by atoms with Crippen LogP contribution in [-0.2, 0) is 0 Å². The Bertz CT molecular complexity index is 518. The maximum Gasteiger partial charge on any atom is 0.338 e. The molecule has 2 N–H and O–H groups in total. The third-order valence-electron chi connectivity index (χ3n) is 2.79. The largest absolute Gasteiger partial charge is 0.478 e. The quantitative estimate of drug-likeness (QED) is 0.892. The molecule has 0 aliphatic rings. The molecular formula is C15H22N2O3. The van der Waals surface area contributed by atoms with Gasteiger partial charge in [-0.1, -0.05) is 32.9 Å². The number of carbonyl (C=O) groups is 2. The standard InChI is InChI=1S/C15H22N2O3/c1-10-7-6-8-11(12(10)13(18)19)16-14(20)17(5)9-15(2,3)4/h6-8H,9H2,1-5H3,(H,16,20)(H,18,19). The molecule has 0 saturated heterocycles. The maximum atomic E-state index is 12.1. The van der Waals surface area contributed by atoms with E-state index in [-0.39, 0.29) is 17.0 Å². The van der Waals surface area contributed by atoms with Crippen LogP contribution in [0.1, 0.15) is 36.7 Å². The van der Waals surface area contributed by atoms with Crippen LogP contribution in [0.25, 0.3) is 0 Å². The number of hydrogen-bond donors (Lipinski definition) is 2. The van der Waals surface area contributed by atoms with E-state index in [1.807, 2.05) is 20.8 Å². The van der Waals surface area contributed by atoms with Crippen molar-refractivity contribution < 1.29 is 14.7 Å². The SMILES string of the molecule is Cc1cccc(NC(=O)N(C)CC(C)(C)C)c1C(=O)O. The van der Waals surface area contributed by atoms with Crippen LogP contribution in [0.5, 0.6) is 0 Å². The molecule has 0 atom stereocenters. The second kappa shape index (κ2) is 5.94. The molecule has 0 aliphatic heterocycles. The van der Waals surface area contributed by atoms with Crippen molar-refractivity contribution in [2.45, 2.75) is 27.7 Å². The van der Waals surface area contributed by atoms with E-state index in [0.29, 0.717) is 17.8 Å². The van der Waals surface area contributed by atoms with Crippen LogP contribution >= 0.6 is 0 Å². The molecule has 2 amide bonds. The van der Waals surface area contributed by atoms with Crippen LogP contribution in [0.2, 0.25) is 0 Å². The van der Waals surface area contributed by atoms with Gasteiger partial charge < -0.3 is 15.3 Å². The smallest absolute Gasteiger partial charge is 0.338 e. The Morgan fingerprint density at radius 1 is 1.30 bits per heavy atom. The highest BCUT2D eigenvalue weighted by atomic mass is 16.4. The fraction of sp³-hybridized carbons (Fsp3) is 0.467. The lowest BCUT2D eigenvalue weighted by Gasteiger charge is -2.27. The van der Waals surface area contributed by atoms with Gasteiger partial charge in [0.05, 0.1) is 11.3 Å². The van der Waals surface area contributed by atoms with E-state index in [0.717, 1.165) is 0 Å². The molecule has 5 heteroatoms. The minimum absolute atomic E-state index is 0.0195. The van der Waals surface area contributed by atoms with Gasteiger partial charge in [-0.05, 0) is 24.0 Å². The second-order valence-corrected chi connectivity index (χ2v) is 6.15. The number of carbonyl (C=O) groups excluding carboxylic acids is 1. The van der Waals surface area contributed by atoms with Gasteiger partial charge in [-0.2, -0.15) is 0 Å². The summed E-state index contributed by atoms with van der Waals surface area (Å²) in [5, 5.41) is 11.9. The minimum Gasteiger partial charge on any atom is -0.478 e. The summed E-state index contributed by atoms with van der Waals surface area (Å²) in [6.07, 6.45) is 0. The van der Waals surface area contributed by atoms with Crippen LogP contribution < -0.4 is 5.32 Å². The van der Waals surface area contributed by atoms with Gasteiger partial charge in [0.25, 0.3) is 0 Å². The zero-order chi connectivity index (χ0) is 15.5. The molecule has 20 heavy (non-hydrogen) atoms. The number of urea groups is 1. The van der Waals surface area contributed by atoms with E-state index in [1.54, 1.807) is 37.1 Å². The number of aromatic carboxylic acids is 1. The number of anilines is 1. The fourth-order valence-corrected chi connectivity index (χ4v) is 2.05. The summed E-state index contributed by atoms with van der Waals surface area (Å²) in [6, 6.07) is 4.71. The van der Waals surface area contributed by atoms with E-state index in [9.17, 15) is 14.7 Å². The molecule has 0 unspecified atom stereocenters. The Hall–Kier alpha value is -2.04. The molecule has 0 saturated carbocycles. The van der Waals surface area contributed by atoms with Crippen LogP contribution in [0.15, 0.2) is 18.2 Å². The highest BCUT2D eigenvalue weighted by Gasteiger charge is 2.20. The number of carboxylic acid groups (broad SMARTS) is 1. The Morgan fingerprint density at radius 3 is 2.40 bits per heavy atom.